The fraction of sp³-hybridized carbons (Fsp3) is 0.238. The standard InChI is InChI=1S/C21H18N2O5/c1-12-6-15-7-13(2-4-17(15)27-12)19-9-16(23-28-19)10-22-21(24)14-3-5-18-20(8-14)26-11-25-18/h2-5,7-9,12H,6,10-11H2,1H3,(H,22,24). The zero-order valence-electron chi connectivity index (χ0n) is 15.2. The molecule has 2 aliphatic rings. The van der Waals surface area contributed by atoms with Crippen molar-refractivity contribution in [3.63, 3.8) is 0 Å². The smallest absolute Gasteiger partial charge is 0.251 e. The number of rotatable bonds is 4. The molecule has 0 fully saturated rings. The lowest BCUT2D eigenvalue weighted by Crippen LogP contribution is -2.22. The van der Waals surface area contributed by atoms with Crippen LogP contribution >= 0.6 is 0 Å². The molecule has 1 aromatic heterocycles. The van der Waals surface area contributed by atoms with Gasteiger partial charge in [-0.2, -0.15) is 0 Å². The molecule has 2 aromatic carbocycles. The normalized spacial score (nSPS) is 16.5. The summed E-state index contributed by atoms with van der Waals surface area (Å²) in [6, 6.07) is 12.9. The number of ether oxygens (including phenoxy) is 3. The van der Waals surface area contributed by atoms with E-state index in [1.807, 2.05) is 18.2 Å². The van der Waals surface area contributed by atoms with Crippen LogP contribution in [0.4, 0.5) is 0 Å². The van der Waals surface area contributed by atoms with Gasteiger partial charge in [-0.05, 0) is 48.9 Å². The average Bonchev–Trinajstić information content (AvgIpc) is 3.43. The molecule has 3 aromatic rings. The third-order valence-corrected chi connectivity index (χ3v) is 4.80. The van der Waals surface area contributed by atoms with Gasteiger partial charge in [-0.25, -0.2) is 0 Å². The van der Waals surface area contributed by atoms with Crippen molar-refractivity contribution in [1.82, 2.24) is 10.5 Å². The Morgan fingerprint density at radius 2 is 1.96 bits per heavy atom. The summed E-state index contributed by atoms with van der Waals surface area (Å²) < 4.78 is 21.7. The van der Waals surface area contributed by atoms with Crippen molar-refractivity contribution in [2.24, 2.45) is 0 Å². The number of nitrogens with zero attached hydrogens (tertiary/aromatic N) is 1. The van der Waals surface area contributed by atoms with Crippen LogP contribution in [0.15, 0.2) is 47.0 Å². The first-order chi connectivity index (χ1) is 13.7. The second-order valence-corrected chi connectivity index (χ2v) is 6.89. The Bertz CT molecular complexity index is 1060. The average molecular weight is 378 g/mol. The summed E-state index contributed by atoms with van der Waals surface area (Å²) in [5.41, 5.74) is 3.26. The van der Waals surface area contributed by atoms with Gasteiger partial charge in [0.1, 0.15) is 17.5 Å². The molecule has 2 aliphatic heterocycles. The SMILES string of the molecule is CC1Cc2cc(-c3cc(CNC(=O)c4ccc5c(c4)OCO5)no3)ccc2O1. The summed E-state index contributed by atoms with van der Waals surface area (Å²) in [4.78, 5) is 12.4. The van der Waals surface area contributed by atoms with Crippen molar-refractivity contribution in [1.29, 1.82) is 0 Å². The Hall–Kier alpha value is -3.48. The maximum Gasteiger partial charge on any atom is 0.251 e. The van der Waals surface area contributed by atoms with Crippen LogP contribution in [-0.2, 0) is 13.0 Å². The summed E-state index contributed by atoms with van der Waals surface area (Å²) in [5.74, 6) is 2.59. The van der Waals surface area contributed by atoms with Crippen LogP contribution in [0.2, 0.25) is 0 Å². The lowest BCUT2D eigenvalue weighted by molar-refractivity contribution is 0.0949. The summed E-state index contributed by atoms with van der Waals surface area (Å²) in [7, 11) is 0. The van der Waals surface area contributed by atoms with Gasteiger partial charge < -0.3 is 24.1 Å². The number of aromatic nitrogens is 1. The highest BCUT2D eigenvalue weighted by Gasteiger charge is 2.20. The minimum Gasteiger partial charge on any atom is -0.490 e. The monoisotopic (exact) mass is 378 g/mol. The number of nitrogens with one attached hydrogen (secondary N) is 1. The van der Waals surface area contributed by atoms with Crippen molar-refractivity contribution in [3.8, 4) is 28.6 Å². The summed E-state index contributed by atoms with van der Waals surface area (Å²) >= 11 is 0. The summed E-state index contributed by atoms with van der Waals surface area (Å²) in [6.07, 6.45) is 1.08. The molecule has 1 atom stereocenters. The molecule has 0 spiro atoms. The molecule has 28 heavy (non-hydrogen) atoms. The molecule has 1 N–H and O–H groups in total. The number of fused-ring (bicyclic) bond motifs is 2. The number of benzene rings is 2. The van der Waals surface area contributed by atoms with E-state index >= 15 is 0 Å². The second kappa shape index (κ2) is 6.60. The molecule has 5 rings (SSSR count). The highest BCUT2D eigenvalue weighted by Crippen LogP contribution is 2.34. The summed E-state index contributed by atoms with van der Waals surface area (Å²) in [5, 5.41) is 6.90. The van der Waals surface area contributed by atoms with Crippen molar-refractivity contribution >= 4 is 5.91 Å². The minimum absolute atomic E-state index is 0.176. The van der Waals surface area contributed by atoms with Gasteiger partial charge in [0, 0.05) is 23.6 Å². The Balaban J connectivity index is 1.26. The van der Waals surface area contributed by atoms with Crippen LogP contribution in [0.1, 0.15) is 28.5 Å². The quantitative estimate of drug-likeness (QED) is 0.750. The van der Waals surface area contributed by atoms with E-state index in [4.69, 9.17) is 18.7 Å². The first-order valence-corrected chi connectivity index (χ1v) is 9.09. The maximum atomic E-state index is 12.4. The van der Waals surface area contributed by atoms with E-state index in [9.17, 15) is 4.79 Å². The molecule has 1 amide bonds. The Labute approximate surface area is 161 Å². The van der Waals surface area contributed by atoms with Crippen LogP contribution in [0.3, 0.4) is 0 Å². The molecule has 142 valence electrons. The van der Waals surface area contributed by atoms with E-state index in [0.29, 0.717) is 28.5 Å². The lowest BCUT2D eigenvalue weighted by atomic mass is 10.1. The Morgan fingerprint density at radius 1 is 1.11 bits per heavy atom. The molecule has 1 unspecified atom stereocenters. The minimum atomic E-state index is -0.216. The van der Waals surface area contributed by atoms with E-state index in [-0.39, 0.29) is 25.3 Å². The fourth-order valence-corrected chi connectivity index (χ4v) is 3.42. The molecule has 0 radical (unpaired) electrons. The molecule has 3 heterocycles. The molecule has 0 aliphatic carbocycles. The second-order valence-electron chi connectivity index (χ2n) is 6.89. The van der Waals surface area contributed by atoms with Crippen LogP contribution < -0.4 is 19.5 Å². The van der Waals surface area contributed by atoms with Gasteiger partial charge in [0.2, 0.25) is 6.79 Å². The topological polar surface area (TPSA) is 82.8 Å². The number of hydrogen-bond donors (Lipinski definition) is 1. The van der Waals surface area contributed by atoms with Gasteiger partial charge in [0.15, 0.2) is 17.3 Å². The van der Waals surface area contributed by atoms with Crippen molar-refractivity contribution in [2.45, 2.75) is 26.0 Å². The predicted octanol–water partition coefficient (Wildman–Crippen LogP) is 3.32. The fourth-order valence-electron chi connectivity index (χ4n) is 3.42. The lowest BCUT2D eigenvalue weighted by Gasteiger charge is -2.04. The van der Waals surface area contributed by atoms with Gasteiger partial charge in [0.25, 0.3) is 5.91 Å². The molecule has 7 heteroatoms. The van der Waals surface area contributed by atoms with Crippen LogP contribution in [0.5, 0.6) is 17.2 Å². The molecule has 0 bridgehead atoms. The number of carbonyl (C=O) groups is 1. The Kier molecular flexibility index (Phi) is 3.93. The third-order valence-electron chi connectivity index (χ3n) is 4.80. The van der Waals surface area contributed by atoms with Gasteiger partial charge in [-0.3, -0.25) is 4.79 Å². The molecular weight excluding hydrogens is 360 g/mol. The van der Waals surface area contributed by atoms with Gasteiger partial charge in [-0.15, -0.1) is 0 Å². The number of carbonyl (C=O) groups excluding carboxylic acids is 1. The molecule has 7 nitrogen and oxygen atoms in total. The van der Waals surface area contributed by atoms with E-state index in [0.717, 1.165) is 17.7 Å². The van der Waals surface area contributed by atoms with E-state index < -0.39 is 0 Å². The third kappa shape index (κ3) is 3.05. The van der Waals surface area contributed by atoms with E-state index in [1.54, 1.807) is 18.2 Å². The van der Waals surface area contributed by atoms with Crippen molar-refractivity contribution < 1.29 is 23.5 Å². The predicted molar refractivity (Wildman–Crippen MR) is 99.5 cm³/mol. The zero-order chi connectivity index (χ0) is 19.1. The number of hydrogen-bond acceptors (Lipinski definition) is 6. The van der Waals surface area contributed by atoms with E-state index in [2.05, 4.69) is 23.5 Å². The zero-order valence-corrected chi connectivity index (χ0v) is 15.2. The van der Waals surface area contributed by atoms with Crippen LogP contribution in [0.25, 0.3) is 11.3 Å². The Morgan fingerprint density at radius 3 is 2.89 bits per heavy atom. The van der Waals surface area contributed by atoms with Crippen molar-refractivity contribution in [3.05, 3.63) is 59.3 Å². The summed E-state index contributed by atoms with van der Waals surface area (Å²) in [6.45, 7) is 2.49. The van der Waals surface area contributed by atoms with Crippen LogP contribution in [0, 0.1) is 0 Å². The maximum absolute atomic E-state index is 12.4. The first kappa shape index (κ1) is 16.7. The molecular formula is C21H18N2O5. The van der Waals surface area contributed by atoms with Gasteiger partial charge >= 0.3 is 0 Å². The largest absolute Gasteiger partial charge is 0.490 e. The molecule has 0 saturated heterocycles. The molecule has 0 saturated carbocycles. The van der Waals surface area contributed by atoms with Crippen molar-refractivity contribution in [2.75, 3.05) is 6.79 Å². The van der Waals surface area contributed by atoms with Gasteiger partial charge in [0.05, 0.1) is 6.54 Å². The van der Waals surface area contributed by atoms with E-state index in [1.165, 1.54) is 5.56 Å². The number of amides is 1. The first-order valence-electron chi connectivity index (χ1n) is 9.09. The highest BCUT2D eigenvalue weighted by molar-refractivity contribution is 5.94. The van der Waals surface area contributed by atoms with Crippen LogP contribution in [-0.4, -0.2) is 24.0 Å². The van der Waals surface area contributed by atoms with Gasteiger partial charge in [-0.1, -0.05) is 5.16 Å². The highest BCUT2D eigenvalue weighted by atomic mass is 16.7.